The Hall–Kier alpha value is -3.61. The van der Waals surface area contributed by atoms with Crippen LogP contribution < -0.4 is 15.8 Å². The van der Waals surface area contributed by atoms with Gasteiger partial charge in [0.15, 0.2) is 0 Å². The Morgan fingerprint density at radius 3 is 2.83 bits per heavy atom. The van der Waals surface area contributed by atoms with Crippen LogP contribution in [0.25, 0.3) is 10.8 Å². The molecule has 29 heavy (non-hydrogen) atoms. The number of ether oxygens (including phenoxy) is 1. The molecule has 1 fully saturated rings. The fourth-order valence-corrected chi connectivity index (χ4v) is 3.56. The summed E-state index contributed by atoms with van der Waals surface area (Å²) >= 11 is 0. The van der Waals surface area contributed by atoms with Gasteiger partial charge in [0.1, 0.15) is 17.5 Å². The van der Waals surface area contributed by atoms with E-state index in [1.807, 2.05) is 42.5 Å². The third kappa shape index (κ3) is 4.29. The summed E-state index contributed by atoms with van der Waals surface area (Å²) < 4.78 is 5.98. The summed E-state index contributed by atoms with van der Waals surface area (Å²) in [4.78, 5) is 29.8. The van der Waals surface area contributed by atoms with E-state index in [1.165, 1.54) is 12.3 Å². The number of benzene rings is 2. The Bertz CT molecular complexity index is 1050. The number of pyridine rings is 1. The lowest BCUT2D eigenvalue weighted by Crippen LogP contribution is -2.46. The van der Waals surface area contributed by atoms with Gasteiger partial charge in [0, 0.05) is 24.2 Å². The summed E-state index contributed by atoms with van der Waals surface area (Å²) in [5, 5.41) is 5.10. The number of nitrogens with one attached hydrogen (secondary N) is 1. The Kier molecular flexibility index (Phi) is 5.29. The van der Waals surface area contributed by atoms with E-state index in [-0.39, 0.29) is 17.8 Å². The third-order valence-corrected chi connectivity index (χ3v) is 4.98. The van der Waals surface area contributed by atoms with Gasteiger partial charge in [-0.1, -0.05) is 36.4 Å². The maximum absolute atomic E-state index is 12.8. The molecule has 148 valence electrons. The van der Waals surface area contributed by atoms with Crippen LogP contribution in [0.1, 0.15) is 23.3 Å². The average Bonchev–Trinajstić information content (AvgIpc) is 2.74. The first-order chi connectivity index (χ1) is 14.1. The van der Waals surface area contributed by atoms with Crippen LogP contribution in [0, 0.1) is 0 Å². The molecular formula is C22H22N4O3. The normalized spacial score (nSPS) is 16.4. The van der Waals surface area contributed by atoms with Crippen molar-refractivity contribution in [2.45, 2.75) is 18.9 Å². The molecule has 0 radical (unpaired) electrons. The number of amides is 3. The SMILES string of the molecule is NC(=O)c1cc(OC2CCCN(C(=O)Nc3cccc4ccccc34)C2)ccn1. The van der Waals surface area contributed by atoms with Crippen molar-refractivity contribution in [2.75, 3.05) is 18.4 Å². The number of primary amides is 1. The van der Waals surface area contributed by atoms with Crippen LogP contribution >= 0.6 is 0 Å². The molecule has 1 atom stereocenters. The van der Waals surface area contributed by atoms with Gasteiger partial charge in [0.2, 0.25) is 0 Å². The molecule has 7 heteroatoms. The van der Waals surface area contributed by atoms with Gasteiger partial charge < -0.3 is 20.7 Å². The standard InChI is InChI=1S/C22H22N4O3/c23-21(27)20-13-16(10-11-24-20)29-17-7-4-12-26(14-17)22(28)25-19-9-3-6-15-5-1-2-8-18(15)19/h1-3,5-6,8-11,13,17H,4,7,12,14H2,(H2,23,27)(H,25,28). The molecule has 4 rings (SSSR count). The summed E-state index contributed by atoms with van der Waals surface area (Å²) in [6.07, 6.45) is 2.99. The number of carbonyl (C=O) groups is 2. The predicted molar refractivity (Wildman–Crippen MR) is 111 cm³/mol. The maximum Gasteiger partial charge on any atom is 0.321 e. The minimum Gasteiger partial charge on any atom is -0.488 e. The van der Waals surface area contributed by atoms with Crippen LogP contribution in [0.2, 0.25) is 0 Å². The predicted octanol–water partition coefficient (Wildman–Crippen LogP) is 3.41. The molecular weight excluding hydrogens is 368 g/mol. The van der Waals surface area contributed by atoms with Crippen molar-refractivity contribution < 1.29 is 14.3 Å². The van der Waals surface area contributed by atoms with Crippen molar-refractivity contribution in [1.82, 2.24) is 9.88 Å². The van der Waals surface area contributed by atoms with E-state index in [1.54, 1.807) is 11.0 Å². The van der Waals surface area contributed by atoms with Crippen LogP contribution in [-0.2, 0) is 0 Å². The topological polar surface area (TPSA) is 97.6 Å². The molecule has 2 heterocycles. The highest BCUT2D eigenvalue weighted by Gasteiger charge is 2.25. The molecule has 7 nitrogen and oxygen atoms in total. The summed E-state index contributed by atoms with van der Waals surface area (Å²) in [7, 11) is 0. The third-order valence-electron chi connectivity index (χ3n) is 4.98. The van der Waals surface area contributed by atoms with E-state index >= 15 is 0 Å². The van der Waals surface area contributed by atoms with E-state index in [9.17, 15) is 9.59 Å². The number of anilines is 1. The minimum atomic E-state index is -0.602. The van der Waals surface area contributed by atoms with Gasteiger partial charge in [-0.15, -0.1) is 0 Å². The molecule has 1 unspecified atom stereocenters. The molecule has 0 aliphatic carbocycles. The highest BCUT2D eigenvalue weighted by molar-refractivity contribution is 6.01. The van der Waals surface area contributed by atoms with Crippen molar-refractivity contribution >= 4 is 28.4 Å². The summed E-state index contributed by atoms with van der Waals surface area (Å²) in [5.74, 6) is -0.0784. The second kappa shape index (κ2) is 8.18. The number of nitrogens with two attached hydrogens (primary N) is 1. The van der Waals surface area contributed by atoms with E-state index in [0.717, 1.165) is 29.3 Å². The molecule has 1 aliphatic rings. The van der Waals surface area contributed by atoms with E-state index in [0.29, 0.717) is 18.8 Å². The Morgan fingerprint density at radius 2 is 1.97 bits per heavy atom. The largest absolute Gasteiger partial charge is 0.488 e. The molecule has 0 bridgehead atoms. The average molecular weight is 390 g/mol. The zero-order valence-electron chi connectivity index (χ0n) is 15.9. The monoisotopic (exact) mass is 390 g/mol. The summed E-state index contributed by atoms with van der Waals surface area (Å²) in [5.41, 5.74) is 6.22. The first-order valence-corrected chi connectivity index (χ1v) is 9.56. The minimum absolute atomic E-state index is 0.151. The van der Waals surface area contributed by atoms with E-state index in [2.05, 4.69) is 10.3 Å². The fourth-order valence-electron chi connectivity index (χ4n) is 3.56. The zero-order valence-corrected chi connectivity index (χ0v) is 15.9. The molecule has 1 saturated heterocycles. The number of hydrogen-bond donors (Lipinski definition) is 2. The summed E-state index contributed by atoms with van der Waals surface area (Å²) in [6.45, 7) is 1.13. The van der Waals surface area contributed by atoms with Crippen LogP contribution in [0.3, 0.4) is 0 Å². The second-order valence-corrected chi connectivity index (χ2v) is 7.03. The highest BCUT2D eigenvalue weighted by atomic mass is 16.5. The number of piperidine rings is 1. The number of rotatable bonds is 4. The Balaban J connectivity index is 1.43. The van der Waals surface area contributed by atoms with Gasteiger partial charge in [-0.3, -0.25) is 9.78 Å². The van der Waals surface area contributed by atoms with E-state index in [4.69, 9.17) is 10.5 Å². The zero-order chi connectivity index (χ0) is 20.2. The van der Waals surface area contributed by atoms with Gasteiger partial charge in [0.05, 0.1) is 12.2 Å². The Labute approximate surface area is 168 Å². The molecule has 1 aliphatic heterocycles. The van der Waals surface area contributed by atoms with Crippen LogP contribution in [0.5, 0.6) is 5.75 Å². The van der Waals surface area contributed by atoms with Gasteiger partial charge in [0.25, 0.3) is 5.91 Å². The molecule has 3 aromatic rings. The number of carbonyl (C=O) groups excluding carboxylic acids is 2. The number of fused-ring (bicyclic) bond motifs is 1. The van der Waals surface area contributed by atoms with Crippen LogP contribution in [-0.4, -0.2) is 41.0 Å². The fraction of sp³-hybridized carbons (Fsp3) is 0.227. The number of urea groups is 1. The van der Waals surface area contributed by atoms with Crippen molar-refractivity contribution in [1.29, 1.82) is 0 Å². The first-order valence-electron chi connectivity index (χ1n) is 9.56. The van der Waals surface area contributed by atoms with Crippen LogP contribution in [0.15, 0.2) is 60.8 Å². The molecule has 0 spiro atoms. The number of likely N-dealkylation sites (tertiary alicyclic amines) is 1. The second-order valence-electron chi connectivity index (χ2n) is 7.03. The Morgan fingerprint density at radius 1 is 1.14 bits per heavy atom. The molecule has 2 aromatic carbocycles. The maximum atomic E-state index is 12.8. The van der Waals surface area contributed by atoms with Crippen molar-refractivity contribution in [3.63, 3.8) is 0 Å². The molecule has 0 saturated carbocycles. The van der Waals surface area contributed by atoms with Gasteiger partial charge >= 0.3 is 6.03 Å². The van der Waals surface area contributed by atoms with Crippen molar-refractivity contribution in [3.8, 4) is 5.75 Å². The number of hydrogen-bond acceptors (Lipinski definition) is 4. The van der Waals surface area contributed by atoms with Crippen molar-refractivity contribution in [3.05, 3.63) is 66.5 Å². The molecule has 1 aromatic heterocycles. The highest BCUT2D eigenvalue weighted by Crippen LogP contribution is 2.24. The van der Waals surface area contributed by atoms with Gasteiger partial charge in [-0.25, -0.2) is 4.79 Å². The number of aromatic nitrogens is 1. The lowest BCUT2D eigenvalue weighted by molar-refractivity contribution is 0.0989. The number of nitrogens with zero attached hydrogens (tertiary/aromatic N) is 2. The van der Waals surface area contributed by atoms with Gasteiger partial charge in [-0.05, 0) is 30.4 Å². The summed E-state index contributed by atoms with van der Waals surface area (Å²) in [6, 6.07) is 16.9. The molecule has 3 amide bonds. The first kappa shape index (κ1) is 18.7. The van der Waals surface area contributed by atoms with Crippen molar-refractivity contribution in [2.24, 2.45) is 5.73 Å². The van der Waals surface area contributed by atoms with Gasteiger partial charge in [-0.2, -0.15) is 0 Å². The van der Waals surface area contributed by atoms with E-state index < -0.39 is 5.91 Å². The lowest BCUT2D eigenvalue weighted by Gasteiger charge is -2.33. The van der Waals surface area contributed by atoms with Crippen LogP contribution in [0.4, 0.5) is 10.5 Å². The lowest BCUT2D eigenvalue weighted by atomic mass is 10.1. The molecule has 3 N–H and O–H groups in total. The quantitative estimate of drug-likeness (QED) is 0.713. The smallest absolute Gasteiger partial charge is 0.321 e.